The molecular weight excluding hydrogens is 493 g/mol. The van der Waals surface area contributed by atoms with Crippen LogP contribution in [0.4, 0.5) is 0 Å². The minimum Gasteiger partial charge on any atom is -0.481 e. The van der Waals surface area contributed by atoms with Crippen molar-refractivity contribution < 1.29 is 19.1 Å². The summed E-state index contributed by atoms with van der Waals surface area (Å²) in [5, 5.41) is 10.9. The molecule has 0 unspecified atom stereocenters. The summed E-state index contributed by atoms with van der Waals surface area (Å²) in [5.41, 5.74) is 1.31. The number of halogens is 2. The molecule has 1 aromatic carbocycles. The number of likely N-dealkylation sites (tertiary alicyclic amines) is 1. The number of hydrogen-bond donors (Lipinski definition) is 2. The third-order valence-corrected chi connectivity index (χ3v) is 6.66. The van der Waals surface area contributed by atoms with Gasteiger partial charge in [0.05, 0.1) is 24.0 Å². The maximum absolute atomic E-state index is 13.1. The van der Waals surface area contributed by atoms with Crippen molar-refractivity contribution in [2.75, 3.05) is 27.3 Å². The molecular formula is C24H25Cl2N5O4. The van der Waals surface area contributed by atoms with Crippen LogP contribution in [-0.2, 0) is 16.1 Å². The van der Waals surface area contributed by atoms with Crippen LogP contribution in [0.3, 0.4) is 0 Å². The highest BCUT2D eigenvalue weighted by atomic mass is 35.5. The summed E-state index contributed by atoms with van der Waals surface area (Å²) in [6, 6.07) is 10.6. The molecule has 0 bridgehead atoms. The van der Waals surface area contributed by atoms with Crippen molar-refractivity contribution in [3.63, 3.8) is 0 Å². The molecule has 184 valence electrons. The van der Waals surface area contributed by atoms with E-state index in [1.54, 1.807) is 29.2 Å². The Morgan fingerprint density at radius 3 is 2.63 bits per heavy atom. The van der Waals surface area contributed by atoms with Crippen LogP contribution in [0, 0.1) is 0 Å². The van der Waals surface area contributed by atoms with E-state index in [1.165, 1.54) is 20.4 Å². The van der Waals surface area contributed by atoms with Gasteiger partial charge in [0, 0.05) is 56.2 Å². The molecule has 3 heterocycles. The summed E-state index contributed by atoms with van der Waals surface area (Å²) in [6.07, 6.45) is 2.20. The SMILES string of the molecule is COc1cc(-c2cc(C(=O)N3CCC(OC)(C(=O)NCc4cccc(Cl)c4)CC3)[nH]n2)c(Cl)cn1. The van der Waals surface area contributed by atoms with Crippen molar-refractivity contribution in [3.05, 3.63) is 63.9 Å². The average Bonchev–Trinajstić information content (AvgIpc) is 3.37. The van der Waals surface area contributed by atoms with Gasteiger partial charge in [-0.3, -0.25) is 14.7 Å². The van der Waals surface area contributed by atoms with Crippen LogP contribution in [0.15, 0.2) is 42.6 Å². The van der Waals surface area contributed by atoms with E-state index < -0.39 is 5.60 Å². The highest BCUT2D eigenvalue weighted by molar-refractivity contribution is 6.33. The van der Waals surface area contributed by atoms with Gasteiger partial charge in [-0.25, -0.2) is 4.98 Å². The Balaban J connectivity index is 1.39. The van der Waals surface area contributed by atoms with Gasteiger partial charge >= 0.3 is 0 Å². The zero-order valence-electron chi connectivity index (χ0n) is 19.3. The Hall–Kier alpha value is -3.14. The fraction of sp³-hybridized carbons (Fsp3) is 0.333. The van der Waals surface area contributed by atoms with E-state index in [1.807, 2.05) is 12.1 Å². The summed E-state index contributed by atoms with van der Waals surface area (Å²) in [5.74, 6) is -0.0389. The summed E-state index contributed by atoms with van der Waals surface area (Å²) in [7, 11) is 3.03. The van der Waals surface area contributed by atoms with Crippen LogP contribution < -0.4 is 10.1 Å². The van der Waals surface area contributed by atoms with Crippen molar-refractivity contribution in [1.82, 2.24) is 25.4 Å². The van der Waals surface area contributed by atoms with Gasteiger partial charge in [0.25, 0.3) is 11.8 Å². The number of hydrogen-bond acceptors (Lipinski definition) is 6. The van der Waals surface area contributed by atoms with Crippen LogP contribution in [0.25, 0.3) is 11.3 Å². The van der Waals surface area contributed by atoms with Gasteiger partial charge in [-0.1, -0.05) is 35.3 Å². The number of nitrogens with one attached hydrogen (secondary N) is 2. The van der Waals surface area contributed by atoms with Gasteiger partial charge in [-0.15, -0.1) is 0 Å². The molecule has 35 heavy (non-hydrogen) atoms. The van der Waals surface area contributed by atoms with Crippen LogP contribution in [0.1, 0.15) is 28.9 Å². The zero-order valence-corrected chi connectivity index (χ0v) is 20.8. The lowest BCUT2D eigenvalue weighted by molar-refractivity contribution is -0.149. The van der Waals surface area contributed by atoms with E-state index in [2.05, 4.69) is 20.5 Å². The van der Waals surface area contributed by atoms with Crippen molar-refractivity contribution in [3.8, 4) is 17.1 Å². The largest absolute Gasteiger partial charge is 0.481 e. The van der Waals surface area contributed by atoms with E-state index in [-0.39, 0.29) is 11.8 Å². The van der Waals surface area contributed by atoms with Gasteiger partial charge < -0.3 is 19.7 Å². The fourth-order valence-corrected chi connectivity index (χ4v) is 4.47. The molecule has 0 saturated carbocycles. The molecule has 0 radical (unpaired) electrons. The highest BCUT2D eigenvalue weighted by Gasteiger charge is 2.42. The lowest BCUT2D eigenvalue weighted by atomic mass is 9.89. The standard InChI is InChI=1S/C24H25Cl2N5O4/c1-34-21-11-17(18(26)14-27-21)19-12-20(30-29-19)22(32)31-8-6-24(35-2,7-9-31)23(33)28-13-15-4-3-5-16(25)10-15/h3-5,10-12,14H,6-9,13H2,1-2H3,(H,28,33)(H,29,30). The number of carbonyl (C=O) groups excluding carboxylic acids is 2. The molecule has 0 aliphatic carbocycles. The Morgan fingerprint density at radius 2 is 1.94 bits per heavy atom. The number of piperidine rings is 1. The molecule has 1 fully saturated rings. The van der Waals surface area contributed by atoms with Gasteiger partial charge in [-0.2, -0.15) is 5.10 Å². The first-order valence-electron chi connectivity index (χ1n) is 11.0. The van der Waals surface area contributed by atoms with Gasteiger partial charge in [-0.05, 0) is 23.8 Å². The fourth-order valence-electron chi connectivity index (χ4n) is 4.05. The number of carbonyl (C=O) groups is 2. The molecule has 1 aliphatic rings. The summed E-state index contributed by atoms with van der Waals surface area (Å²) < 4.78 is 10.8. The van der Waals surface area contributed by atoms with Crippen LogP contribution >= 0.6 is 23.2 Å². The Labute approximate surface area is 212 Å². The van der Waals surface area contributed by atoms with Crippen molar-refractivity contribution in [1.29, 1.82) is 0 Å². The smallest absolute Gasteiger partial charge is 0.271 e. The zero-order chi connectivity index (χ0) is 25.0. The lowest BCUT2D eigenvalue weighted by Crippen LogP contribution is -2.55. The van der Waals surface area contributed by atoms with E-state index in [0.717, 1.165) is 5.56 Å². The quantitative estimate of drug-likeness (QED) is 0.494. The second kappa shape index (κ2) is 10.6. The van der Waals surface area contributed by atoms with Crippen LogP contribution in [0.5, 0.6) is 5.88 Å². The second-order valence-electron chi connectivity index (χ2n) is 8.18. The number of benzene rings is 1. The summed E-state index contributed by atoms with van der Waals surface area (Å²) >= 11 is 12.3. The topological polar surface area (TPSA) is 109 Å². The first-order valence-corrected chi connectivity index (χ1v) is 11.7. The maximum Gasteiger partial charge on any atom is 0.271 e. The lowest BCUT2D eigenvalue weighted by Gasteiger charge is -2.39. The van der Waals surface area contributed by atoms with Gasteiger partial charge in [0.2, 0.25) is 5.88 Å². The van der Waals surface area contributed by atoms with Crippen molar-refractivity contribution in [2.45, 2.75) is 25.0 Å². The number of ether oxygens (including phenoxy) is 2. The number of rotatable bonds is 7. The highest BCUT2D eigenvalue weighted by Crippen LogP contribution is 2.30. The normalized spacial score (nSPS) is 15.0. The summed E-state index contributed by atoms with van der Waals surface area (Å²) in [6.45, 7) is 1.05. The maximum atomic E-state index is 13.1. The predicted octanol–water partition coefficient (Wildman–Crippen LogP) is 3.72. The molecule has 4 rings (SSSR count). The molecule has 0 atom stereocenters. The second-order valence-corrected chi connectivity index (χ2v) is 9.02. The minimum atomic E-state index is -1.00. The molecule has 2 aromatic heterocycles. The molecule has 9 nitrogen and oxygen atoms in total. The van der Waals surface area contributed by atoms with E-state index in [4.69, 9.17) is 32.7 Å². The van der Waals surface area contributed by atoms with E-state index >= 15 is 0 Å². The number of pyridine rings is 1. The van der Waals surface area contributed by atoms with Crippen molar-refractivity contribution >= 4 is 35.0 Å². The first-order chi connectivity index (χ1) is 16.8. The Morgan fingerprint density at radius 1 is 1.17 bits per heavy atom. The van der Waals surface area contributed by atoms with Crippen molar-refractivity contribution in [2.24, 2.45) is 0 Å². The Kier molecular flexibility index (Phi) is 7.59. The van der Waals surface area contributed by atoms with Gasteiger partial charge in [0.1, 0.15) is 11.3 Å². The van der Waals surface area contributed by atoms with E-state index in [9.17, 15) is 9.59 Å². The molecule has 1 saturated heterocycles. The molecule has 11 heteroatoms. The first kappa shape index (κ1) is 25.0. The number of nitrogens with zero attached hydrogens (tertiary/aromatic N) is 3. The number of H-pyrrole nitrogens is 1. The average molecular weight is 518 g/mol. The minimum absolute atomic E-state index is 0.211. The number of aromatic amines is 1. The van der Waals surface area contributed by atoms with E-state index in [0.29, 0.717) is 65.4 Å². The molecule has 0 spiro atoms. The molecule has 3 aromatic rings. The predicted molar refractivity (Wildman–Crippen MR) is 132 cm³/mol. The monoisotopic (exact) mass is 517 g/mol. The number of methoxy groups -OCH3 is 2. The molecule has 2 N–H and O–H groups in total. The van der Waals surface area contributed by atoms with Gasteiger partial charge in [0.15, 0.2) is 0 Å². The summed E-state index contributed by atoms with van der Waals surface area (Å²) in [4.78, 5) is 31.8. The third-order valence-electron chi connectivity index (χ3n) is 6.13. The van der Waals surface area contributed by atoms with Crippen LogP contribution in [0.2, 0.25) is 10.0 Å². The molecule has 2 amide bonds. The Bertz CT molecular complexity index is 1220. The van der Waals surface area contributed by atoms with Crippen LogP contribution in [-0.4, -0.2) is 64.8 Å². The molecule has 1 aliphatic heterocycles. The number of amides is 2. The third kappa shape index (κ3) is 5.42. The number of aromatic nitrogens is 3.